The van der Waals surface area contributed by atoms with E-state index in [0.717, 1.165) is 5.56 Å². The largest absolute Gasteiger partial charge is 0.348 e. The smallest absolute Gasteiger partial charge is 0.253 e. The normalized spacial score (nSPS) is 14.8. The predicted molar refractivity (Wildman–Crippen MR) is 126 cm³/mol. The van der Waals surface area contributed by atoms with Gasteiger partial charge in [0.2, 0.25) is 11.8 Å². The Balaban J connectivity index is 1.43. The fraction of sp³-hybridized carbons (Fsp3) is 0.280. The monoisotopic (exact) mass is 484 g/mol. The molecule has 0 spiro atoms. The van der Waals surface area contributed by atoms with E-state index in [1.165, 1.54) is 18.0 Å². The number of nitrogens with zero attached hydrogens (tertiary/aromatic N) is 3. The van der Waals surface area contributed by atoms with E-state index in [2.05, 4.69) is 15.3 Å². The lowest BCUT2D eigenvalue weighted by Crippen LogP contribution is -2.44. The van der Waals surface area contributed by atoms with Gasteiger partial charge in [-0.25, -0.2) is 8.78 Å². The van der Waals surface area contributed by atoms with Crippen LogP contribution in [0.15, 0.2) is 61.1 Å². The molecule has 0 unspecified atom stereocenters. The maximum Gasteiger partial charge on any atom is 0.253 e. The van der Waals surface area contributed by atoms with Crippen molar-refractivity contribution in [1.29, 1.82) is 0 Å². The third kappa shape index (κ3) is 5.56. The molecule has 4 rings (SSSR count). The summed E-state index contributed by atoms with van der Waals surface area (Å²) in [6.07, 6.45) is 4.38. The van der Waals surface area contributed by atoms with Crippen molar-refractivity contribution in [2.24, 2.45) is 5.92 Å². The second kappa shape index (κ2) is 9.85. The summed E-state index contributed by atoms with van der Waals surface area (Å²) in [5.41, 5.74) is 3.08. The average molecular weight is 485 g/mol. The predicted octanol–water partition coefficient (Wildman–Crippen LogP) is 5.13. The number of hydrogen-bond donors (Lipinski definition) is 1. The van der Waals surface area contributed by atoms with Crippen LogP contribution in [-0.4, -0.2) is 34.2 Å². The molecule has 1 aliphatic rings. The summed E-state index contributed by atoms with van der Waals surface area (Å²) in [7, 11) is 0. The van der Waals surface area contributed by atoms with Crippen molar-refractivity contribution in [1.82, 2.24) is 15.3 Å². The van der Waals surface area contributed by atoms with E-state index in [1.54, 1.807) is 48.8 Å². The van der Waals surface area contributed by atoms with Gasteiger partial charge in [-0.2, -0.15) is 0 Å². The molecular formula is C25H23ClF2N4O2. The van der Waals surface area contributed by atoms with Crippen LogP contribution in [0.4, 0.5) is 14.5 Å². The summed E-state index contributed by atoms with van der Waals surface area (Å²) >= 11 is 6.46. The molecule has 1 saturated carbocycles. The summed E-state index contributed by atoms with van der Waals surface area (Å²) < 4.78 is 26.4. The number of amides is 2. The quantitative estimate of drug-likeness (QED) is 0.504. The van der Waals surface area contributed by atoms with Gasteiger partial charge in [-0.3, -0.25) is 19.6 Å². The van der Waals surface area contributed by atoms with E-state index in [9.17, 15) is 18.4 Å². The number of hydrogen-bond acceptors (Lipinski definition) is 4. The third-order valence-corrected chi connectivity index (χ3v) is 6.03. The van der Waals surface area contributed by atoms with Crippen LogP contribution in [0.5, 0.6) is 0 Å². The first kappa shape index (κ1) is 23.8. The van der Waals surface area contributed by atoms with E-state index < -0.39 is 5.92 Å². The Bertz CT molecular complexity index is 1180. The van der Waals surface area contributed by atoms with Crippen LogP contribution < -0.4 is 10.2 Å². The van der Waals surface area contributed by atoms with E-state index >= 15 is 0 Å². The highest BCUT2D eigenvalue weighted by molar-refractivity contribution is 6.34. The van der Waals surface area contributed by atoms with Crippen molar-refractivity contribution >= 4 is 29.1 Å². The van der Waals surface area contributed by atoms with Crippen LogP contribution in [0.3, 0.4) is 0 Å². The van der Waals surface area contributed by atoms with Crippen LogP contribution in [-0.2, 0) is 11.3 Å². The minimum atomic E-state index is -2.64. The van der Waals surface area contributed by atoms with Crippen LogP contribution in [0.25, 0.3) is 11.3 Å². The molecule has 34 heavy (non-hydrogen) atoms. The molecular weight excluding hydrogens is 462 g/mol. The first-order chi connectivity index (χ1) is 16.2. The molecule has 0 atom stereocenters. The molecule has 0 radical (unpaired) electrons. The van der Waals surface area contributed by atoms with Gasteiger partial charge in [0, 0.05) is 57.0 Å². The minimum Gasteiger partial charge on any atom is -0.348 e. The molecule has 6 nitrogen and oxygen atoms in total. The molecule has 2 heterocycles. The Hall–Kier alpha value is -3.39. The first-order valence-electron chi connectivity index (χ1n) is 10.8. The zero-order valence-corrected chi connectivity index (χ0v) is 19.2. The summed E-state index contributed by atoms with van der Waals surface area (Å²) in [5, 5.41) is 3.14. The zero-order chi connectivity index (χ0) is 24.3. The summed E-state index contributed by atoms with van der Waals surface area (Å²) in [5.74, 6) is -3.42. The topological polar surface area (TPSA) is 75.2 Å². The average Bonchev–Trinajstić information content (AvgIpc) is 2.80. The standard InChI is InChI=1S/C25H23ClF2N4O2/c1-16(33)32(15-18-10-25(27,28)11-18)23-7-5-19(9-21(23)26)22-6-4-20(14-30-22)24(34)31-13-17-3-2-8-29-12-17/h2-9,12,14,18H,10-11,13,15H2,1H3,(H,31,34). The molecule has 0 aliphatic heterocycles. The highest BCUT2D eigenvalue weighted by Gasteiger charge is 2.46. The Morgan fingerprint density at radius 3 is 2.56 bits per heavy atom. The van der Waals surface area contributed by atoms with Gasteiger partial charge >= 0.3 is 0 Å². The molecule has 9 heteroatoms. The maximum atomic E-state index is 13.2. The van der Waals surface area contributed by atoms with Gasteiger partial charge in [-0.15, -0.1) is 0 Å². The molecule has 1 aliphatic carbocycles. The van der Waals surface area contributed by atoms with Gasteiger partial charge in [0.05, 0.1) is 22.0 Å². The second-order valence-electron chi connectivity index (χ2n) is 8.40. The van der Waals surface area contributed by atoms with Crippen LogP contribution in [0.2, 0.25) is 5.02 Å². The molecule has 0 saturated heterocycles. The van der Waals surface area contributed by atoms with Gasteiger partial charge in [0.25, 0.3) is 5.91 Å². The van der Waals surface area contributed by atoms with E-state index in [4.69, 9.17) is 11.6 Å². The third-order valence-electron chi connectivity index (χ3n) is 5.73. The van der Waals surface area contributed by atoms with Gasteiger partial charge in [-0.1, -0.05) is 23.7 Å². The van der Waals surface area contributed by atoms with Gasteiger partial charge in [0.15, 0.2) is 0 Å². The van der Waals surface area contributed by atoms with Crippen LogP contribution in [0, 0.1) is 5.92 Å². The highest BCUT2D eigenvalue weighted by atomic mass is 35.5. The van der Waals surface area contributed by atoms with Crippen LogP contribution in [0.1, 0.15) is 35.7 Å². The Labute approximate surface area is 201 Å². The molecule has 176 valence electrons. The number of benzene rings is 1. The number of pyridine rings is 2. The minimum absolute atomic E-state index is 0.199. The Kier molecular flexibility index (Phi) is 6.88. The Morgan fingerprint density at radius 2 is 1.97 bits per heavy atom. The van der Waals surface area contributed by atoms with Crippen molar-refractivity contribution < 1.29 is 18.4 Å². The second-order valence-corrected chi connectivity index (χ2v) is 8.81. The fourth-order valence-electron chi connectivity index (χ4n) is 3.94. The molecule has 2 aromatic heterocycles. The lowest BCUT2D eigenvalue weighted by atomic mass is 9.81. The van der Waals surface area contributed by atoms with E-state index in [-0.39, 0.29) is 37.1 Å². The molecule has 2 amide bonds. The van der Waals surface area contributed by atoms with E-state index in [0.29, 0.717) is 34.1 Å². The Morgan fingerprint density at radius 1 is 1.18 bits per heavy atom. The molecule has 3 aromatic rings. The maximum absolute atomic E-state index is 13.2. The van der Waals surface area contributed by atoms with Crippen molar-refractivity contribution in [3.63, 3.8) is 0 Å². The number of carbonyl (C=O) groups is 2. The fourth-order valence-corrected chi connectivity index (χ4v) is 4.22. The number of anilines is 1. The number of carbonyl (C=O) groups excluding carboxylic acids is 2. The molecule has 1 fully saturated rings. The van der Waals surface area contributed by atoms with Crippen LogP contribution >= 0.6 is 11.6 Å². The van der Waals surface area contributed by atoms with Gasteiger partial charge in [0.1, 0.15) is 0 Å². The number of nitrogens with one attached hydrogen (secondary N) is 1. The van der Waals surface area contributed by atoms with Crippen molar-refractivity contribution in [2.75, 3.05) is 11.4 Å². The summed E-state index contributed by atoms with van der Waals surface area (Å²) in [4.78, 5) is 34.4. The molecule has 1 N–H and O–H groups in total. The van der Waals surface area contributed by atoms with Crippen molar-refractivity contribution in [3.05, 3.63) is 77.2 Å². The van der Waals surface area contributed by atoms with Crippen molar-refractivity contribution in [2.45, 2.75) is 32.2 Å². The zero-order valence-electron chi connectivity index (χ0n) is 18.5. The van der Waals surface area contributed by atoms with Crippen molar-refractivity contribution in [3.8, 4) is 11.3 Å². The number of alkyl halides is 2. The number of halogens is 3. The number of rotatable bonds is 7. The lowest BCUT2D eigenvalue weighted by Gasteiger charge is -2.38. The SMILES string of the molecule is CC(=O)N(CC1CC(F)(F)C1)c1ccc(-c2ccc(C(=O)NCc3cccnc3)cn2)cc1Cl. The molecule has 0 bridgehead atoms. The lowest BCUT2D eigenvalue weighted by molar-refractivity contribution is -0.121. The summed E-state index contributed by atoms with van der Waals surface area (Å²) in [6, 6.07) is 12.2. The number of aromatic nitrogens is 2. The molecule has 1 aromatic carbocycles. The summed E-state index contributed by atoms with van der Waals surface area (Å²) in [6.45, 7) is 1.95. The van der Waals surface area contributed by atoms with Gasteiger partial charge < -0.3 is 10.2 Å². The highest BCUT2D eigenvalue weighted by Crippen LogP contribution is 2.43. The first-order valence-corrected chi connectivity index (χ1v) is 11.2. The van der Waals surface area contributed by atoms with E-state index in [1.807, 2.05) is 6.07 Å². The van der Waals surface area contributed by atoms with Gasteiger partial charge in [-0.05, 0) is 41.8 Å².